The number of halogens is 1. The van der Waals surface area contributed by atoms with E-state index in [2.05, 4.69) is 10.2 Å². The van der Waals surface area contributed by atoms with Crippen LogP contribution in [0.5, 0.6) is 5.75 Å². The van der Waals surface area contributed by atoms with Gasteiger partial charge in [-0.2, -0.15) is 0 Å². The summed E-state index contributed by atoms with van der Waals surface area (Å²) >= 11 is 7.07. The third-order valence-electron chi connectivity index (χ3n) is 2.48. The number of rotatable bonds is 6. The standard InChI is InChI=1S/C14H15ClN2O2S/c1-10-16-17-14(20-10)7-6-11-4-2-3-5-13(11)19-9-12(18)8-15/h2-7,12,18H,8-9H2,1H3/b7-6+. The number of ether oxygens (including phenoxy) is 1. The number of aromatic nitrogens is 2. The van der Waals surface area contributed by atoms with E-state index < -0.39 is 6.10 Å². The highest BCUT2D eigenvalue weighted by Gasteiger charge is 2.05. The molecule has 0 saturated heterocycles. The summed E-state index contributed by atoms with van der Waals surface area (Å²) in [5.74, 6) is 0.858. The minimum atomic E-state index is -0.667. The van der Waals surface area contributed by atoms with Crippen molar-refractivity contribution in [1.29, 1.82) is 0 Å². The Morgan fingerprint density at radius 2 is 2.15 bits per heavy atom. The zero-order chi connectivity index (χ0) is 14.4. The van der Waals surface area contributed by atoms with Gasteiger partial charge >= 0.3 is 0 Å². The lowest BCUT2D eigenvalue weighted by Gasteiger charge is -2.11. The second kappa shape index (κ2) is 7.38. The fraction of sp³-hybridized carbons (Fsp3) is 0.286. The number of aliphatic hydroxyl groups excluding tert-OH is 1. The molecule has 0 amide bonds. The molecule has 106 valence electrons. The molecule has 1 aromatic heterocycles. The SMILES string of the molecule is Cc1nnc(/C=C/c2ccccc2OCC(O)CCl)s1. The Bertz CT molecular complexity index is 586. The molecule has 0 saturated carbocycles. The lowest BCUT2D eigenvalue weighted by atomic mass is 10.2. The van der Waals surface area contributed by atoms with Gasteiger partial charge in [0, 0.05) is 5.56 Å². The van der Waals surface area contributed by atoms with E-state index in [-0.39, 0.29) is 12.5 Å². The van der Waals surface area contributed by atoms with Crippen LogP contribution in [0.15, 0.2) is 24.3 Å². The number of nitrogens with zero attached hydrogens (tertiary/aromatic N) is 2. The van der Waals surface area contributed by atoms with E-state index >= 15 is 0 Å². The van der Waals surface area contributed by atoms with Gasteiger partial charge in [-0.1, -0.05) is 29.5 Å². The number of hydrogen-bond donors (Lipinski definition) is 1. The Kier molecular flexibility index (Phi) is 5.52. The number of alkyl halides is 1. The summed E-state index contributed by atoms with van der Waals surface area (Å²) in [5.41, 5.74) is 0.919. The van der Waals surface area contributed by atoms with Crippen LogP contribution in [0.4, 0.5) is 0 Å². The molecule has 1 atom stereocenters. The molecule has 4 nitrogen and oxygen atoms in total. The first kappa shape index (κ1) is 15.0. The van der Waals surface area contributed by atoms with E-state index in [0.29, 0.717) is 5.75 Å². The Morgan fingerprint density at radius 1 is 1.35 bits per heavy atom. The average molecular weight is 311 g/mol. The molecule has 0 bridgehead atoms. The van der Waals surface area contributed by atoms with Gasteiger partial charge < -0.3 is 9.84 Å². The Labute approximate surface area is 126 Å². The van der Waals surface area contributed by atoms with Gasteiger partial charge in [0.2, 0.25) is 0 Å². The lowest BCUT2D eigenvalue weighted by molar-refractivity contribution is 0.125. The van der Waals surface area contributed by atoms with Crippen molar-refractivity contribution in [2.75, 3.05) is 12.5 Å². The topological polar surface area (TPSA) is 55.2 Å². The van der Waals surface area contributed by atoms with Crippen LogP contribution in [0.3, 0.4) is 0 Å². The summed E-state index contributed by atoms with van der Waals surface area (Å²) in [6.07, 6.45) is 3.15. The maximum Gasteiger partial charge on any atom is 0.140 e. The quantitative estimate of drug-likeness (QED) is 0.833. The van der Waals surface area contributed by atoms with Crippen molar-refractivity contribution in [3.63, 3.8) is 0 Å². The van der Waals surface area contributed by atoms with Crippen LogP contribution in [0.25, 0.3) is 12.2 Å². The minimum Gasteiger partial charge on any atom is -0.490 e. The van der Waals surface area contributed by atoms with Crippen molar-refractivity contribution < 1.29 is 9.84 Å². The van der Waals surface area contributed by atoms with E-state index in [0.717, 1.165) is 15.6 Å². The second-order valence-corrected chi connectivity index (χ2v) is 5.67. The number of benzene rings is 1. The van der Waals surface area contributed by atoms with E-state index in [1.54, 1.807) is 0 Å². The van der Waals surface area contributed by atoms with Gasteiger partial charge in [-0.05, 0) is 25.1 Å². The summed E-state index contributed by atoms with van der Waals surface area (Å²) in [4.78, 5) is 0. The molecule has 6 heteroatoms. The molecule has 0 spiro atoms. The highest BCUT2D eigenvalue weighted by Crippen LogP contribution is 2.21. The van der Waals surface area contributed by atoms with Crippen LogP contribution in [0.2, 0.25) is 0 Å². The maximum absolute atomic E-state index is 9.43. The fourth-order valence-electron chi connectivity index (χ4n) is 1.52. The fourth-order valence-corrected chi connectivity index (χ4v) is 2.21. The van der Waals surface area contributed by atoms with E-state index in [9.17, 15) is 5.11 Å². The van der Waals surface area contributed by atoms with E-state index in [1.807, 2.05) is 43.3 Å². The lowest BCUT2D eigenvalue weighted by Crippen LogP contribution is -2.19. The van der Waals surface area contributed by atoms with Crippen molar-refractivity contribution in [3.05, 3.63) is 39.8 Å². The highest BCUT2D eigenvalue weighted by molar-refractivity contribution is 7.12. The third kappa shape index (κ3) is 4.30. The van der Waals surface area contributed by atoms with Gasteiger partial charge in [0.15, 0.2) is 0 Å². The summed E-state index contributed by atoms with van der Waals surface area (Å²) in [7, 11) is 0. The van der Waals surface area contributed by atoms with Crippen molar-refractivity contribution >= 4 is 35.1 Å². The van der Waals surface area contributed by atoms with E-state index in [4.69, 9.17) is 16.3 Å². The van der Waals surface area contributed by atoms with Crippen LogP contribution >= 0.6 is 22.9 Å². The van der Waals surface area contributed by atoms with Crippen molar-refractivity contribution in [3.8, 4) is 5.75 Å². The minimum absolute atomic E-state index is 0.155. The smallest absolute Gasteiger partial charge is 0.140 e. The zero-order valence-electron chi connectivity index (χ0n) is 11.0. The highest BCUT2D eigenvalue weighted by atomic mass is 35.5. The number of hydrogen-bond acceptors (Lipinski definition) is 5. The van der Waals surface area contributed by atoms with Gasteiger partial charge in [0.25, 0.3) is 0 Å². The summed E-state index contributed by atoms with van der Waals surface area (Å²) < 4.78 is 5.57. The monoisotopic (exact) mass is 310 g/mol. The molecule has 0 aliphatic carbocycles. The predicted octanol–water partition coefficient (Wildman–Crippen LogP) is 3.00. The van der Waals surface area contributed by atoms with Gasteiger partial charge in [-0.15, -0.1) is 21.8 Å². The molecule has 1 unspecified atom stereocenters. The number of para-hydroxylation sites is 1. The van der Waals surface area contributed by atoms with Crippen molar-refractivity contribution in [2.45, 2.75) is 13.0 Å². The van der Waals surface area contributed by atoms with Crippen molar-refractivity contribution in [1.82, 2.24) is 10.2 Å². The molecule has 2 aromatic rings. The van der Waals surface area contributed by atoms with Crippen molar-refractivity contribution in [2.24, 2.45) is 0 Å². The first-order valence-electron chi connectivity index (χ1n) is 6.13. The molecule has 20 heavy (non-hydrogen) atoms. The predicted molar refractivity (Wildman–Crippen MR) is 82.2 cm³/mol. The van der Waals surface area contributed by atoms with E-state index in [1.165, 1.54) is 11.3 Å². The largest absolute Gasteiger partial charge is 0.490 e. The van der Waals surface area contributed by atoms with Crippen LogP contribution in [-0.2, 0) is 0 Å². The molecule has 0 fully saturated rings. The summed E-state index contributed by atoms with van der Waals surface area (Å²) in [6, 6.07) is 7.60. The molecule has 0 radical (unpaired) electrons. The molecular formula is C14H15ClN2O2S. The Balaban J connectivity index is 2.09. The first-order valence-corrected chi connectivity index (χ1v) is 7.48. The first-order chi connectivity index (χ1) is 9.69. The second-order valence-electron chi connectivity index (χ2n) is 4.15. The molecule has 1 N–H and O–H groups in total. The third-order valence-corrected chi connectivity index (χ3v) is 3.64. The molecule has 0 aliphatic heterocycles. The summed E-state index contributed by atoms with van der Waals surface area (Å²) in [5, 5.41) is 19.2. The van der Waals surface area contributed by atoms with Crippen LogP contribution in [-0.4, -0.2) is 33.9 Å². The molecule has 1 heterocycles. The summed E-state index contributed by atoms with van der Waals surface area (Å²) in [6.45, 7) is 2.09. The number of aliphatic hydroxyl groups is 1. The molecule has 1 aromatic carbocycles. The van der Waals surface area contributed by atoms with Crippen LogP contribution in [0, 0.1) is 6.92 Å². The molecule has 2 rings (SSSR count). The van der Waals surface area contributed by atoms with Crippen LogP contribution in [0.1, 0.15) is 15.6 Å². The average Bonchev–Trinajstić information content (AvgIpc) is 2.89. The Morgan fingerprint density at radius 3 is 2.85 bits per heavy atom. The van der Waals surface area contributed by atoms with Gasteiger partial charge in [-0.25, -0.2) is 0 Å². The van der Waals surface area contributed by atoms with Gasteiger partial charge in [-0.3, -0.25) is 0 Å². The molecule has 0 aliphatic rings. The van der Waals surface area contributed by atoms with Crippen LogP contribution < -0.4 is 4.74 Å². The normalized spacial score (nSPS) is 12.8. The molecular weight excluding hydrogens is 296 g/mol. The van der Waals surface area contributed by atoms with Gasteiger partial charge in [0.1, 0.15) is 28.5 Å². The number of aryl methyl sites for hydroxylation is 1. The zero-order valence-corrected chi connectivity index (χ0v) is 12.6. The van der Waals surface area contributed by atoms with Gasteiger partial charge in [0.05, 0.1) is 5.88 Å². The maximum atomic E-state index is 9.43. The Hall–Kier alpha value is -1.43.